The Hall–Kier alpha value is -4.38. The van der Waals surface area contributed by atoms with E-state index in [1.54, 1.807) is 30.3 Å². The third-order valence-electron chi connectivity index (χ3n) is 7.78. The molecule has 0 radical (unpaired) electrons. The van der Waals surface area contributed by atoms with Gasteiger partial charge < -0.3 is 20.1 Å². The van der Waals surface area contributed by atoms with Gasteiger partial charge in [-0.3, -0.25) is 14.4 Å². The SMILES string of the molecule is O=C(NCc1cccs1)c1ccc(N2CC3CC(C2)c2cccc(=O)n2C3)c(NC(=O)c2cccc(C(F)(F)F)c2)c1. The number of nitrogens with zero attached hydrogens (tertiary/aromatic N) is 2. The Morgan fingerprint density at radius 1 is 0.905 bits per heavy atom. The zero-order valence-corrected chi connectivity index (χ0v) is 23.2. The Bertz CT molecular complexity index is 1700. The fourth-order valence-electron chi connectivity index (χ4n) is 5.86. The van der Waals surface area contributed by atoms with Crippen LogP contribution in [0.4, 0.5) is 24.5 Å². The minimum atomic E-state index is -4.59. The van der Waals surface area contributed by atoms with Gasteiger partial charge in [0.1, 0.15) is 0 Å². The molecule has 2 unspecified atom stereocenters. The molecule has 42 heavy (non-hydrogen) atoms. The van der Waals surface area contributed by atoms with Crippen molar-refractivity contribution >= 4 is 34.5 Å². The normalized spacial score (nSPS) is 17.8. The number of aromatic nitrogens is 1. The third kappa shape index (κ3) is 5.69. The molecule has 4 heterocycles. The molecule has 2 aromatic heterocycles. The largest absolute Gasteiger partial charge is 0.416 e. The highest BCUT2D eigenvalue weighted by molar-refractivity contribution is 7.09. The molecule has 4 aromatic rings. The molecule has 11 heteroatoms. The van der Waals surface area contributed by atoms with E-state index in [0.717, 1.165) is 29.1 Å². The first-order valence-corrected chi connectivity index (χ1v) is 14.4. The Morgan fingerprint density at radius 2 is 1.71 bits per heavy atom. The zero-order chi connectivity index (χ0) is 29.4. The summed E-state index contributed by atoms with van der Waals surface area (Å²) < 4.78 is 41.8. The number of halogens is 3. The monoisotopic (exact) mass is 592 g/mol. The average Bonchev–Trinajstić information content (AvgIpc) is 3.50. The third-order valence-corrected chi connectivity index (χ3v) is 8.66. The van der Waals surface area contributed by atoms with Crippen molar-refractivity contribution in [3.05, 3.63) is 116 Å². The second-order valence-corrected chi connectivity index (χ2v) is 11.7. The van der Waals surface area contributed by atoms with Gasteiger partial charge in [-0.2, -0.15) is 13.2 Å². The minimum Gasteiger partial charge on any atom is -0.369 e. The summed E-state index contributed by atoms with van der Waals surface area (Å²) >= 11 is 1.52. The summed E-state index contributed by atoms with van der Waals surface area (Å²) in [5, 5.41) is 7.57. The maximum atomic E-state index is 13.3. The molecule has 2 aliphatic rings. The highest BCUT2D eigenvalue weighted by atomic mass is 32.1. The van der Waals surface area contributed by atoms with E-state index in [-0.39, 0.29) is 28.9 Å². The maximum absolute atomic E-state index is 13.3. The number of fused-ring (bicyclic) bond motifs is 4. The van der Waals surface area contributed by atoms with Crippen LogP contribution >= 0.6 is 11.3 Å². The molecule has 0 aliphatic carbocycles. The fourth-order valence-corrected chi connectivity index (χ4v) is 6.50. The van der Waals surface area contributed by atoms with Gasteiger partial charge >= 0.3 is 6.18 Å². The van der Waals surface area contributed by atoms with Crippen LogP contribution in [0.5, 0.6) is 0 Å². The van der Waals surface area contributed by atoms with Crippen LogP contribution < -0.4 is 21.1 Å². The lowest BCUT2D eigenvalue weighted by molar-refractivity contribution is -0.137. The first-order valence-electron chi connectivity index (χ1n) is 13.5. The summed E-state index contributed by atoms with van der Waals surface area (Å²) in [5.74, 6) is -0.773. The van der Waals surface area contributed by atoms with Crippen molar-refractivity contribution in [3.63, 3.8) is 0 Å². The number of benzene rings is 2. The Labute approximate surface area is 243 Å². The standard InChI is InChI=1S/C31H27F3N4O3S/c32-31(33,34)23-5-1-4-20(13-23)30(41)36-25-14-21(29(40)35-15-24-6-3-11-42-24)9-10-27(25)37-16-19-12-22(18-37)26-7-2-8-28(39)38(26)17-19/h1-11,13-14,19,22H,12,15-18H2,(H,35,40)(H,36,41). The van der Waals surface area contributed by atoms with Crippen LogP contribution in [0.2, 0.25) is 0 Å². The molecule has 216 valence electrons. The summed E-state index contributed by atoms with van der Waals surface area (Å²) in [4.78, 5) is 41.9. The Kier molecular flexibility index (Phi) is 7.36. The molecule has 2 aliphatic heterocycles. The number of carbonyl (C=O) groups excluding carboxylic acids is 2. The molecular formula is C31H27F3N4O3S. The van der Waals surface area contributed by atoms with Gasteiger partial charge in [-0.15, -0.1) is 11.3 Å². The summed E-state index contributed by atoms with van der Waals surface area (Å²) in [6.07, 6.45) is -3.67. The second-order valence-electron chi connectivity index (χ2n) is 10.6. The van der Waals surface area contributed by atoms with Crippen LogP contribution in [-0.4, -0.2) is 29.5 Å². The van der Waals surface area contributed by atoms with E-state index in [4.69, 9.17) is 0 Å². The van der Waals surface area contributed by atoms with Crippen molar-refractivity contribution in [2.24, 2.45) is 5.92 Å². The van der Waals surface area contributed by atoms with Gasteiger partial charge in [-0.05, 0) is 66.2 Å². The Morgan fingerprint density at radius 3 is 2.50 bits per heavy atom. The second kappa shape index (κ2) is 11.1. The smallest absolute Gasteiger partial charge is 0.369 e. The lowest BCUT2D eigenvalue weighted by Crippen LogP contribution is -2.47. The van der Waals surface area contributed by atoms with Gasteiger partial charge in [0.2, 0.25) is 0 Å². The molecular weight excluding hydrogens is 565 g/mol. The minimum absolute atomic E-state index is 0.0254. The van der Waals surface area contributed by atoms with Gasteiger partial charge in [0.15, 0.2) is 0 Å². The van der Waals surface area contributed by atoms with E-state index in [1.165, 1.54) is 23.5 Å². The maximum Gasteiger partial charge on any atom is 0.416 e. The summed E-state index contributed by atoms with van der Waals surface area (Å²) in [7, 11) is 0. The molecule has 2 aromatic carbocycles. The van der Waals surface area contributed by atoms with Gasteiger partial charge in [-0.1, -0.05) is 18.2 Å². The van der Waals surface area contributed by atoms with Gasteiger partial charge in [0.05, 0.1) is 23.5 Å². The average molecular weight is 593 g/mol. The number of hydrogen-bond donors (Lipinski definition) is 2. The first-order chi connectivity index (χ1) is 20.2. The lowest BCUT2D eigenvalue weighted by Gasteiger charge is -2.44. The van der Waals surface area contributed by atoms with Crippen LogP contribution in [0.1, 0.15) is 49.2 Å². The number of nitrogens with one attached hydrogen (secondary N) is 2. The van der Waals surface area contributed by atoms with E-state index in [0.29, 0.717) is 43.1 Å². The Balaban J connectivity index is 1.31. The first kappa shape index (κ1) is 27.8. The van der Waals surface area contributed by atoms with Crippen LogP contribution in [0, 0.1) is 5.92 Å². The van der Waals surface area contributed by atoms with E-state index in [1.807, 2.05) is 28.1 Å². The van der Waals surface area contributed by atoms with Crippen molar-refractivity contribution < 1.29 is 22.8 Å². The number of pyridine rings is 1. The molecule has 0 spiro atoms. The van der Waals surface area contributed by atoms with Crippen molar-refractivity contribution in [1.82, 2.24) is 9.88 Å². The van der Waals surface area contributed by atoms with Crippen molar-refractivity contribution in [1.29, 1.82) is 0 Å². The number of hydrogen-bond acceptors (Lipinski definition) is 5. The predicted molar refractivity (Wildman–Crippen MR) is 155 cm³/mol. The van der Waals surface area contributed by atoms with Crippen LogP contribution in [-0.2, 0) is 19.3 Å². The van der Waals surface area contributed by atoms with Crippen molar-refractivity contribution in [3.8, 4) is 0 Å². The van der Waals surface area contributed by atoms with Crippen molar-refractivity contribution in [2.45, 2.75) is 31.6 Å². The lowest BCUT2D eigenvalue weighted by atomic mass is 9.83. The van der Waals surface area contributed by atoms with Gasteiger partial charge in [0.25, 0.3) is 17.4 Å². The van der Waals surface area contributed by atoms with E-state index >= 15 is 0 Å². The highest BCUT2D eigenvalue weighted by Gasteiger charge is 2.36. The quantitative estimate of drug-likeness (QED) is 0.300. The van der Waals surface area contributed by atoms with Crippen molar-refractivity contribution in [2.75, 3.05) is 23.3 Å². The number of thiophene rings is 1. The fraction of sp³-hybridized carbons (Fsp3) is 0.258. The van der Waals surface area contributed by atoms with E-state index in [9.17, 15) is 27.6 Å². The summed E-state index contributed by atoms with van der Waals surface area (Å²) in [5.41, 5.74) is 1.16. The zero-order valence-electron chi connectivity index (χ0n) is 22.4. The molecule has 6 rings (SSSR count). The number of piperidine rings is 1. The number of rotatable bonds is 6. The summed E-state index contributed by atoms with van der Waals surface area (Å²) in [6, 6.07) is 18.3. The molecule has 1 saturated heterocycles. The van der Waals surface area contributed by atoms with E-state index < -0.39 is 17.6 Å². The molecule has 2 amide bonds. The van der Waals surface area contributed by atoms with Gasteiger partial charge in [0, 0.05) is 53.3 Å². The molecule has 0 saturated carbocycles. The molecule has 2 N–H and O–H groups in total. The van der Waals surface area contributed by atoms with E-state index in [2.05, 4.69) is 15.5 Å². The number of amides is 2. The number of alkyl halides is 3. The van der Waals surface area contributed by atoms with Gasteiger partial charge in [-0.25, -0.2) is 0 Å². The number of anilines is 2. The number of carbonyl (C=O) groups is 2. The molecule has 2 bridgehead atoms. The predicted octanol–water partition coefficient (Wildman–Crippen LogP) is 5.73. The molecule has 2 atom stereocenters. The molecule has 7 nitrogen and oxygen atoms in total. The molecule has 1 fully saturated rings. The van der Waals surface area contributed by atoms with Crippen LogP contribution in [0.15, 0.2) is 83.0 Å². The summed E-state index contributed by atoms with van der Waals surface area (Å²) in [6.45, 7) is 2.12. The van der Waals surface area contributed by atoms with Crippen LogP contribution in [0.25, 0.3) is 0 Å². The topological polar surface area (TPSA) is 83.4 Å². The highest BCUT2D eigenvalue weighted by Crippen LogP contribution is 2.39. The van der Waals surface area contributed by atoms with Crippen LogP contribution in [0.3, 0.4) is 0 Å².